The predicted molar refractivity (Wildman–Crippen MR) is 83.4 cm³/mol. The Hall–Kier alpha value is -1.46. The van der Waals surface area contributed by atoms with Crippen molar-refractivity contribution in [3.63, 3.8) is 0 Å². The fourth-order valence-electron chi connectivity index (χ4n) is 3.53. The van der Waals surface area contributed by atoms with Gasteiger partial charge in [0.2, 0.25) is 0 Å². The number of rotatable bonds is 3. The van der Waals surface area contributed by atoms with Crippen molar-refractivity contribution in [3.05, 3.63) is 23.5 Å². The van der Waals surface area contributed by atoms with Crippen molar-refractivity contribution in [1.82, 2.24) is 19.7 Å². The van der Waals surface area contributed by atoms with E-state index >= 15 is 0 Å². The Morgan fingerprint density at radius 2 is 2.19 bits per heavy atom. The summed E-state index contributed by atoms with van der Waals surface area (Å²) >= 11 is 0. The molecule has 3 heterocycles. The number of nitrogens with zero attached hydrogens (tertiary/aromatic N) is 4. The number of piperidine rings is 1. The lowest BCUT2D eigenvalue weighted by atomic mass is 9.78. The molecule has 1 fully saturated rings. The van der Waals surface area contributed by atoms with E-state index in [9.17, 15) is 5.11 Å². The number of aromatic nitrogens is 3. The van der Waals surface area contributed by atoms with Gasteiger partial charge in [-0.1, -0.05) is 6.92 Å². The maximum Gasteiger partial charge on any atom is 0.158 e. The van der Waals surface area contributed by atoms with Crippen LogP contribution in [-0.4, -0.2) is 51.0 Å². The van der Waals surface area contributed by atoms with E-state index < -0.39 is 0 Å². The zero-order valence-corrected chi connectivity index (χ0v) is 13.1. The summed E-state index contributed by atoms with van der Waals surface area (Å²) in [7, 11) is 1.95. The Morgan fingerprint density at radius 3 is 2.95 bits per heavy atom. The molecule has 0 spiro atoms. The van der Waals surface area contributed by atoms with Gasteiger partial charge in [-0.05, 0) is 38.4 Å². The lowest BCUT2D eigenvalue weighted by molar-refractivity contribution is 0.126. The first kappa shape index (κ1) is 14.5. The summed E-state index contributed by atoms with van der Waals surface area (Å²) in [4.78, 5) is 7.23. The highest BCUT2D eigenvalue weighted by molar-refractivity contribution is 5.78. The van der Waals surface area contributed by atoms with Gasteiger partial charge in [0.05, 0.1) is 18.0 Å². The van der Waals surface area contributed by atoms with Crippen molar-refractivity contribution in [2.45, 2.75) is 32.1 Å². The van der Waals surface area contributed by atoms with Crippen LogP contribution in [0.4, 0.5) is 0 Å². The largest absolute Gasteiger partial charge is 0.395 e. The van der Waals surface area contributed by atoms with Gasteiger partial charge in [0.1, 0.15) is 0 Å². The Morgan fingerprint density at radius 1 is 1.38 bits per heavy atom. The molecule has 3 rings (SSSR count). The van der Waals surface area contributed by atoms with E-state index in [1.54, 1.807) is 0 Å². The Kier molecular flexibility index (Phi) is 3.71. The molecule has 0 aromatic carbocycles. The van der Waals surface area contributed by atoms with Crippen molar-refractivity contribution in [3.8, 4) is 0 Å². The lowest BCUT2D eigenvalue weighted by Gasteiger charge is -2.40. The van der Waals surface area contributed by atoms with Crippen LogP contribution in [-0.2, 0) is 12.5 Å². The van der Waals surface area contributed by atoms with E-state index in [0.29, 0.717) is 0 Å². The van der Waals surface area contributed by atoms with Crippen molar-refractivity contribution in [2.75, 3.05) is 26.2 Å². The highest BCUT2D eigenvalue weighted by Gasteiger charge is 2.34. The Balaban J connectivity index is 1.96. The van der Waals surface area contributed by atoms with E-state index in [4.69, 9.17) is 4.98 Å². The molecule has 5 heteroatoms. The summed E-state index contributed by atoms with van der Waals surface area (Å²) in [5.41, 5.74) is 3.19. The Bertz CT molecular complexity index is 649. The van der Waals surface area contributed by atoms with Gasteiger partial charge in [0.25, 0.3) is 0 Å². The van der Waals surface area contributed by atoms with Gasteiger partial charge < -0.3 is 10.0 Å². The molecule has 0 saturated carbocycles. The summed E-state index contributed by atoms with van der Waals surface area (Å²) < 4.78 is 1.87. The van der Waals surface area contributed by atoms with Crippen LogP contribution in [0.1, 0.15) is 31.2 Å². The molecule has 0 amide bonds. The van der Waals surface area contributed by atoms with Crippen LogP contribution in [0.25, 0.3) is 11.0 Å². The predicted octanol–water partition coefficient (Wildman–Crippen LogP) is 1.62. The van der Waals surface area contributed by atoms with Crippen molar-refractivity contribution < 1.29 is 5.11 Å². The molecule has 0 bridgehead atoms. The molecule has 1 aliphatic rings. The zero-order chi connectivity index (χ0) is 15.0. The molecule has 1 atom stereocenters. The molecule has 1 aliphatic heterocycles. The molecule has 5 nitrogen and oxygen atoms in total. The number of aryl methyl sites for hydroxylation is 2. The number of β-amino-alcohol motifs (C(OH)–C–C–N with tert-alkyl or cyclic N) is 1. The van der Waals surface area contributed by atoms with Crippen LogP contribution in [0.2, 0.25) is 0 Å². The minimum Gasteiger partial charge on any atom is -0.395 e. The standard InChI is InChI=1S/C16H24N4O/c1-12-13-5-6-14(17-15(13)19(3)18-12)16(2)7-4-8-20(11-16)9-10-21/h5-6,21H,4,7-11H2,1-3H3. The molecular weight excluding hydrogens is 264 g/mol. The summed E-state index contributed by atoms with van der Waals surface area (Å²) in [5.74, 6) is 0. The highest BCUT2D eigenvalue weighted by Crippen LogP contribution is 2.33. The van der Waals surface area contributed by atoms with Gasteiger partial charge in [0, 0.05) is 30.9 Å². The number of aliphatic hydroxyl groups excluding tert-OH is 1. The maximum atomic E-state index is 9.17. The first-order valence-electron chi connectivity index (χ1n) is 7.67. The second-order valence-corrected chi connectivity index (χ2v) is 6.44. The van der Waals surface area contributed by atoms with E-state index in [1.165, 1.54) is 0 Å². The smallest absolute Gasteiger partial charge is 0.158 e. The summed E-state index contributed by atoms with van der Waals surface area (Å²) in [6, 6.07) is 4.30. The molecule has 0 radical (unpaired) electrons. The van der Waals surface area contributed by atoms with Gasteiger partial charge in [0.15, 0.2) is 5.65 Å². The third kappa shape index (κ3) is 2.56. The average molecular weight is 288 g/mol. The van der Waals surface area contributed by atoms with Gasteiger partial charge in [-0.15, -0.1) is 0 Å². The molecule has 0 aliphatic carbocycles. The van der Waals surface area contributed by atoms with E-state index in [-0.39, 0.29) is 12.0 Å². The van der Waals surface area contributed by atoms with Crippen LogP contribution in [0.3, 0.4) is 0 Å². The molecular formula is C16H24N4O. The number of hydrogen-bond donors (Lipinski definition) is 1. The minimum absolute atomic E-state index is 0.0553. The van der Waals surface area contributed by atoms with E-state index in [1.807, 2.05) is 18.7 Å². The summed E-state index contributed by atoms with van der Waals surface area (Å²) in [6.07, 6.45) is 2.30. The van der Waals surface area contributed by atoms with Crippen molar-refractivity contribution >= 4 is 11.0 Å². The van der Waals surface area contributed by atoms with Gasteiger partial charge >= 0.3 is 0 Å². The van der Waals surface area contributed by atoms with Crippen LogP contribution in [0.15, 0.2) is 12.1 Å². The quantitative estimate of drug-likeness (QED) is 0.932. The molecule has 1 N–H and O–H groups in total. The minimum atomic E-state index is 0.0553. The van der Waals surface area contributed by atoms with Crippen LogP contribution >= 0.6 is 0 Å². The molecule has 1 unspecified atom stereocenters. The van der Waals surface area contributed by atoms with Crippen LogP contribution in [0.5, 0.6) is 0 Å². The van der Waals surface area contributed by atoms with Crippen LogP contribution in [0, 0.1) is 6.92 Å². The van der Waals surface area contributed by atoms with E-state index in [2.05, 4.69) is 29.1 Å². The normalized spacial score (nSPS) is 23.8. The van der Waals surface area contributed by atoms with Gasteiger partial charge in [-0.2, -0.15) is 5.10 Å². The first-order chi connectivity index (χ1) is 10.0. The lowest BCUT2D eigenvalue weighted by Crippen LogP contribution is -2.45. The van der Waals surface area contributed by atoms with Crippen LogP contribution < -0.4 is 0 Å². The van der Waals surface area contributed by atoms with Gasteiger partial charge in [-0.3, -0.25) is 4.68 Å². The number of fused-ring (bicyclic) bond motifs is 1. The SMILES string of the molecule is Cc1nn(C)c2nc(C3(C)CCCN(CCO)C3)ccc12. The molecule has 2 aromatic heterocycles. The number of aliphatic hydroxyl groups is 1. The van der Waals surface area contributed by atoms with E-state index in [0.717, 1.165) is 54.9 Å². The first-order valence-corrected chi connectivity index (χ1v) is 7.67. The Labute approximate surface area is 125 Å². The van der Waals surface area contributed by atoms with Crippen molar-refractivity contribution in [1.29, 1.82) is 0 Å². The zero-order valence-electron chi connectivity index (χ0n) is 13.1. The maximum absolute atomic E-state index is 9.17. The summed E-state index contributed by atoms with van der Waals surface area (Å²) in [6.45, 7) is 7.32. The second kappa shape index (κ2) is 5.39. The molecule has 114 valence electrons. The number of likely N-dealkylation sites (tertiary alicyclic amines) is 1. The average Bonchev–Trinajstić information content (AvgIpc) is 2.74. The highest BCUT2D eigenvalue weighted by atomic mass is 16.3. The third-order valence-electron chi connectivity index (χ3n) is 4.68. The number of pyridine rings is 1. The van der Waals surface area contributed by atoms with Crippen molar-refractivity contribution in [2.24, 2.45) is 7.05 Å². The molecule has 21 heavy (non-hydrogen) atoms. The monoisotopic (exact) mass is 288 g/mol. The fraction of sp³-hybridized carbons (Fsp3) is 0.625. The molecule has 1 saturated heterocycles. The number of hydrogen-bond acceptors (Lipinski definition) is 4. The van der Waals surface area contributed by atoms with Gasteiger partial charge in [-0.25, -0.2) is 4.98 Å². The second-order valence-electron chi connectivity index (χ2n) is 6.44. The molecule has 2 aromatic rings. The topological polar surface area (TPSA) is 54.2 Å². The fourth-order valence-corrected chi connectivity index (χ4v) is 3.53. The third-order valence-corrected chi connectivity index (χ3v) is 4.68. The summed E-state index contributed by atoms with van der Waals surface area (Å²) in [5, 5.41) is 14.8.